The lowest BCUT2D eigenvalue weighted by Gasteiger charge is -2.09. The second-order valence-electron chi connectivity index (χ2n) is 8.81. The van der Waals surface area contributed by atoms with Crippen molar-refractivity contribution in [3.63, 3.8) is 0 Å². The van der Waals surface area contributed by atoms with Gasteiger partial charge in [0, 0.05) is 40.0 Å². The lowest BCUT2D eigenvalue weighted by molar-refractivity contribution is -0.121. The van der Waals surface area contributed by atoms with Crippen LogP contribution in [0.15, 0.2) is 58.4 Å². The van der Waals surface area contributed by atoms with Crippen LogP contribution in [0.2, 0.25) is 0 Å². The van der Waals surface area contributed by atoms with Crippen LogP contribution in [0.5, 0.6) is 5.75 Å². The van der Waals surface area contributed by atoms with E-state index in [1.165, 1.54) is 17.2 Å². The van der Waals surface area contributed by atoms with Crippen molar-refractivity contribution in [2.24, 2.45) is 14.1 Å². The van der Waals surface area contributed by atoms with E-state index in [0.29, 0.717) is 37.1 Å². The average Bonchev–Trinajstić information content (AvgIpc) is 3.52. The van der Waals surface area contributed by atoms with Gasteiger partial charge in [-0.25, -0.2) is 9.78 Å². The number of aromatic nitrogens is 4. The second-order valence-corrected chi connectivity index (χ2v) is 8.81. The molecule has 35 heavy (non-hydrogen) atoms. The molecule has 9 nitrogen and oxygen atoms in total. The van der Waals surface area contributed by atoms with E-state index in [1.807, 2.05) is 18.2 Å². The molecule has 0 spiro atoms. The monoisotopic (exact) mass is 473 g/mol. The zero-order valence-electron chi connectivity index (χ0n) is 19.8. The van der Waals surface area contributed by atoms with Crippen molar-refractivity contribution in [2.75, 3.05) is 6.61 Å². The number of nitrogens with zero attached hydrogens (tertiary/aromatic N) is 4. The Morgan fingerprint density at radius 3 is 2.63 bits per heavy atom. The zero-order chi connectivity index (χ0) is 24.5. The minimum absolute atomic E-state index is 0.0579. The van der Waals surface area contributed by atoms with E-state index in [4.69, 9.17) is 4.74 Å². The molecule has 4 aromatic rings. The Morgan fingerprint density at radius 1 is 1.06 bits per heavy atom. The van der Waals surface area contributed by atoms with Gasteiger partial charge in [-0.3, -0.25) is 18.7 Å². The molecule has 0 radical (unpaired) electrons. The number of imidazole rings is 1. The van der Waals surface area contributed by atoms with Crippen LogP contribution in [0.4, 0.5) is 0 Å². The summed E-state index contributed by atoms with van der Waals surface area (Å²) in [6.07, 6.45) is 3.35. The Bertz CT molecular complexity index is 1530. The molecule has 3 heterocycles. The maximum absolute atomic E-state index is 12.5. The van der Waals surface area contributed by atoms with Crippen LogP contribution in [0.3, 0.4) is 0 Å². The third-order valence-corrected chi connectivity index (χ3v) is 6.49. The van der Waals surface area contributed by atoms with Gasteiger partial charge < -0.3 is 14.6 Å². The number of ether oxygens (including phenoxy) is 1. The Kier molecular flexibility index (Phi) is 5.98. The largest absolute Gasteiger partial charge is 0.493 e. The van der Waals surface area contributed by atoms with Crippen molar-refractivity contribution in [2.45, 2.75) is 32.4 Å². The van der Waals surface area contributed by atoms with Gasteiger partial charge in [0.25, 0.3) is 5.56 Å². The van der Waals surface area contributed by atoms with Crippen LogP contribution in [0.1, 0.15) is 24.0 Å². The predicted molar refractivity (Wildman–Crippen MR) is 132 cm³/mol. The summed E-state index contributed by atoms with van der Waals surface area (Å²) in [5.74, 6) is 0.916. The summed E-state index contributed by atoms with van der Waals surface area (Å²) < 4.78 is 9.70. The lowest BCUT2D eigenvalue weighted by Crippen LogP contribution is -2.37. The van der Waals surface area contributed by atoms with Gasteiger partial charge in [0.05, 0.1) is 12.9 Å². The molecular formula is C26H27N5O4. The van der Waals surface area contributed by atoms with Crippen LogP contribution in [-0.2, 0) is 38.4 Å². The molecule has 0 aliphatic carbocycles. The molecule has 0 fully saturated rings. The van der Waals surface area contributed by atoms with E-state index in [0.717, 1.165) is 40.0 Å². The van der Waals surface area contributed by atoms with Crippen LogP contribution >= 0.6 is 0 Å². The van der Waals surface area contributed by atoms with Crippen LogP contribution in [0.25, 0.3) is 22.3 Å². The zero-order valence-corrected chi connectivity index (χ0v) is 19.8. The molecule has 1 aliphatic heterocycles. The summed E-state index contributed by atoms with van der Waals surface area (Å²) in [6, 6.07) is 14.5. The number of rotatable bonds is 7. The number of aryl methyl sites for hydroxylation is 2. The Morgan fingerprint density at radius 2 is 1.83 bits per heavy atom. The topological polar surface area (TPSA) is 100 Å². The number of nitrogens with one attached hydrogen (secondary N) is 1. The number of carbonyl (C=O) groups is 1. The summed E-state index contributed by atoms with van der Waals surface area (Å²) in [5.41, 5.74) is 4.47. The minimum atomic E-state index is -0.415. The second kappa shape index (κ2) is 9.25. The van der Waals surface area contributed by atoms with E-state index >= 15 is 0 Å². The molecule has 0 bridgehead atoms. The first-order valence-corrected chi connectivity index (χ1v) is 11.6. The third kappa shape index (κ3) is 4.37. The number of amides is 1. The first kappa shape index (κ1) is 22.6. The van der Waals surface area contributed by atoms with E-state index < -0.39 is 5.69 Å². The maximum Gasteiger partial charge on any atom is 0.332 e. The highest BCUT2D eigenvalue weighted by Gasteiger charge is 2.15. The fraction of sp³-hybridized carbons (Fsp3) is 0.308. The summed E-state index contributed by atoms with van der Waals surface area (Å²) in [4.78, 5) is 41.1. The van der Waals surface area contributed by atoms with Crippen LogP contribution < -0.4 is 21.3 Å². The molecule has 5 rings (SSSR count). The number of fused-ring (bicyclic) bond motifs is 2. The first-order chi connectivity index (χ1) is 16.9. The van der Waals surface area contributed by atoms with Crippen molar-refractivity contribution < 1.29 is 9.53 Å². The Balaban J connectivity index is 1.15. The molecule has 0 unspecified atom stereocenters. The van der Waals surface area contributed by atoms with Gasteiger partial charge in [0.1, 0.15) is 5.75 Å². The third-order valence-electron chi connectivity index (χ3n) is 6.49. The SMILES string of the molecule is Cn1c(=O)c2c(ncn2CCCC(=O)NCc2ccc(-c3ccc4c(c3)CCO4)cc2)n(C)c1=O. The molecule has 180 valence electrons. The number of hydrogen-bond acceptors (Lipinski definition) is 5. The predicted octanol–water partition coefficient (Wildman–Crippen LogP) is 2.13. The number of carbonyl (C=O) groups excluding carboxylic acids is 1. The normalized spacial score (nSPS) is 12.5. The van der Waals surface area contributed by atoms with E-state index in [1.54, 1.807) is 17.9 Å². The molecule has 2 aromatic carbocycles. The van der Waals surface area contributed by atoms with Crippen molar-refractivity contribution in [3.05, 3.63) is 80.8 Å². The summed E-state index contributed by atoms with van der Waals surface area (Å²) in [6.45, 7) is 1.65. The molecular weight excluding hydrogens is 446 g/mol. The van der Waals surface area contributed by atoms with Crippen molar-refractivity contribution >= 4 is 17.1 Å². The van der Waals surface area contributed by atoms with E-state index in [2.05, 4.69) is 34.6 Å². The van der Waals surface area contributed by atoms with Crippen molar-refractivity contribution in [1.29, 1.82) is 0 Å². The number of hydrogen-bond donors (Lipinski definition) is 1. The van der Waals surface area contributed by atoms with Gasteiger partial charge in [-0.05, 0) is 40.8 Å². The van der Waals surface area contributed by atoms with Gasteiger partial charge in [0.2, 0.25) is 5.91 Å². The molecule has 2 aromatic heterocycles. The molecule has 1 aliphatic rings. The standard InChI is InChI=1S/C26H27N5O4/c1-29-24-23(25(33)30(2)26(29)34)31(16-28-24)12-3-4-22(32)27-15-17-5-7-18(8-6-17)19-9-10-21-20(14-19)11-13-35-21/h5-10,14,16H,3-4,11-13,15H2,1-2H3,(H,27,32). The van der Waals surface area contributed by atoms with Crippen LogP contribution in [-0.4, -0.2) is 31.2 Å². The summed E-state index contributed by atoms with van der Waals surface area (Å²) >= 11 is 0. The number of benzene rings is 2. The van der Waals surface area contributed by atoms with Crippen molar-refractivity contribution in [1.82, 2.24) is 24.0 Å². The quantitative estimate of drug-likeness (QED) is 0.443. The molecule has 0 saturated heterocycles. The molecule has 0 saturated carbocycles. The fourth-order valence-electron chi connectivity index (χ4n) is 4.45. The smallest absolute Gasteiger partial charge is 0.332 e. The average molecular weight is 474 g/mol. The van der Waals surface area contributed by atoms with Gasteiger partial charge in [0.15, 0.2) is 11.2 Å². The van der Waals surface area contributed by atoms with Crippen LogP contribution in [0, 0.1) is 0 Å². The highest BCUT2D eigenvalue weighted by molar-refractivity contribution is 5.76. The van der Waals surface area contributed by atoms with Gasteiger partial charge >= 0.3 is 5.69 Å². The molecule has 0 atom stereocenters. The van der Waals surface area contributed by atoms with E-state index in [9.17, 15) is 14.4 Å². The van der Waals surface area contributed by atoms with Crippen molar-refractivity contribution in [3.8, 4) is 16.9 Å². The Labute approximate surface area is 201 Å². The Hall–Kier alpha value is -4.14. The van der Waals surface area contributed by atoms with Gasteiger partial charge in [-0.2, -0.15) is 0 Å². The van der Waals surface area contributed by atoms with Gasteiger partial charge in [-0.1, -0.05) is 30.3 Å². The molecule has 1 N–H and O–H groups in total. The molecule has 9 heteroatoms. The molecule has 1 amide bonds. The summed E-state index contributed by atoms with van der Waals surface area (Å²) in [5, 5.41) is 2.95. The lowest BCUT2D eigenvalue weighted by atomic mass is 10.0. The highest BCUT2D eigenvalue weighted by atomic mass is 16.5. The highest BCUT2D eigenvalue weighted by Crippen LogP contribution is 2.30. The fourth-order valence-corrected chi connectivity index (χ4v) is 4.45. The van der Waals surface area contributed by atoms with Gasteiger partial charge in [-0.15, -0.1) is 0 Å². The maximum atomic E-state index is 12.5. The minimum Gasteiger partial charge on any atom is -0.493 e. The van der Waals surface area contributed by atoms with E-state index in [-0.39, 0.29) is 11.5 Å². The summed E-state index contributed by atoms with van der Waals surface area (Å²) in [7, 11) is 3.03. The first-order valence-electron chi connectivity index (χ1n) is 11.6.